The highest BCUT2D eigenvalue weighted by Crippen LogP contribution is 2.14. The van der Waals surface area contributed by atoms with Crippen LogP contribution < -0.4 is 10.9 Å². The van der Waals surface area contributed by atoms with Gasteiger partial charge in [0.15, 0.2) is 0 Å². The standard InChI is InChI=1S/C15H17NO4/c1-15(2,7-8-17)16-13(18)11-9-10-5-3-4-6-12(10)20-14(11)19/h3-6,9,17H,7-8H2,1-2H3,(H,16,18). The van der Waals surface area contributed by atoms with Crippen molar-refractivity contribution in [3.05, 3.63) is 46.3 Å². The number of rotatable bonds is 4. The summed E-state index contributed by atoms with van der Waals surface area (Å²) in [5, 5.41) is 12.4. The minimum Gasteiger partial charge on any atom is -0.422 e. The predicted octanol–water partition coefficient (Wildman–Crippen LogP) is 1.68. The van der Waals surface area contributed by atoms with E-state index in [1.165, 1.54) is 6.07 Å². The van der Waals surface area contributed by atoms with E-state index in [0.717, 1.165) is 0 Å². The summed E-state index contributed by atoms with van der Waals surface area (Å²) in [5.41, 5.74) is -0.844. The van der Waals surface area contributed by atoms with Crippen molar-refractivity contribution < 1.29 is 14.3 Å². The molecule has 2 N–H and O–H groups in total. The monoisotopic (exact) mass is 275 g/mol. The minimum atomic E-state index is -0.666. The van der Waals surface area contributed by atoms with Crippen LogP contribution in [0, 0.1) is 0 Å². The second-order valence-corrected chi connectivity index (χ2v) is 5.30. The average Bonchev–Trinajstić information content (AvgIpc) is 2.37. The van der Waals surface area contributed by atoms with Crippen molar-refractivity contribution in [3.8, 4) is 0 Å². The lowest BCUT2D eigenvalue weighted by molar-refractivity contribution is 0.0896. The van der Waals surface area contributed by atoms with E-state index >= 15 is 0 Å². The molecule has 0 atom stereocenters. The second kappa shape index (κ2) is 5.46. The maximum absolute atomic E-state index is 12.1. The number of para-hydroxylation sites is 1. The van der Waals surface area contributed by atoms with Crippen LogP contribution in [0.4, 0.5) is 0 Å². The minimum absolute atomic E-state index is 0.0327. The van der Waals surface area contributed by atoms with Crippen LogP contribution in [0.3, 0.4) is 0 Å². The van der Waals surface area contributed by atoms with Crippen molar-refractivity contribution >= 4 is 16.9 Å². The molecular formula is C15H17NO4. The fourth-order valence-electron chi connectivity index (χ4n) is 1.94. The van der Waals surface area contributed by atoms with Crippen LogP contribution >= 0.6 is 0 Å². The Bertz CT molecular complexity index is 688. The summed E-state index contributed by atoms with van der Waals surface area (Å²) < 4.78 is 5.12. The number of aliphatic hydroxyl groups excluding tert-OH is 1. The van der Waals surface area contributed by atoms with Gasteiger partial charge in [0.05, 0.1) is 0 Å². The Hall–Kier alpha value is -2.14. The molecule has 0 unspecified atom stereocenters. The molecule has 2 rings (SSSR count). The summed E-state index contributed by atoms with van der Waals surface area (Å²) in [6.07, 6.45) is 0.400. The lowest BCUT2D eigenvalue weighted by atomic mass is 10.0. The van der Waals surface area contributed by atoms with Gasteiger partial charge in [-0.05, 0) is 32.4 Å². The largest absolute Gasteiger partial charge is 0.422 e. The molecule has 0 radical (unpaired) electrons. The first-order chi connectivity index (χ1) is 9.43. The molecule has 0 aliphatic rings. The van der Waals surface area contributed by atoms with Gasteiger partial charge in [-0.1, -0.05) is 18.2 Å². The van der Waals surface area contributed by atoms with Gasteiger partial charge in [-0.3, -0.25) is 4.79 Å². The van der Waals surface area contributed by atoms with Crippen LogP contribution in [0.2, 0.25) is 0 Å². The number of amides is 1. The van der Waals surface area contributed by atoms with Gasteiger partial charge >= 0.3 is 5.63 Å². The van der Waals surface area contributed by atoms with Crippen LogP contribution in [0.15, 0.2) is 39.5 Å². The number of hydrogen-bond donors (Lipinski definition) is 2. The third kappa shape index (κ3) is 3.05. The highest BCUT2D eigenvalue weighted by atomic mass is 16.4. The van der Waals surface area contributed by atoms with E-state index in [0.29, 0.717) is 17.4 Å². The van der Waals surface area contributed by atoms with E-state index in [2.05, 4.69) is 5.32 Å². The molecule has 0 fully saturated rings. The Morgan fingerprint density at radius 3 is 2.75 bits per heavy atom. The molecular weight excluding hydrogens is 258 g/mol. The van der Waals surface area contributed by atoms with Crippen LogP contribution in [0.25, 0.3) is 11.0 Å². The molecule has 1 amide bonds. The number of benzene rings is 1. The van der Waals surface area contributed by atoms with Gasteiger partial charge in [0.2, 0.25) is 0 Å². The molecule has 0 saturated carbocycles. The fourth-order valence-corrected chi connectivity index (χ4v) is 1.94. The number of nitrogens with one attached hydrogen (secondary N) is 1. The predicted molar refractivity (Wildman–Crippen MR) is 75.7 cm³/mol. The normalized spacial score (nSPS) is 11.6. The number of hydrogen-bond acceptors (Lipinski definition) is 4. The lowest BCUT2D eigenvalue weighted by Gasteiger charge is -2.25. The molecule has 1 aromatic carbocycles. The summed E-state index contributed by atoms with van der Waals surface area (Å²) in [7, 11) is 0. The number of fused-ring (bicyclic) bond motifs is 1. The van der Waals surface area contributed by atoms with E-state index in [9.17, 15) is 9.59 Å². The van der Waals surface area contributed by atoms with E-state index < -0.39 is 17.1 Å². The fraction of sp³-hybridized carbons (Fsp3) is 0.333. The van der Waals surface area contributed by atoms with Crippen molar-refractivity contribution in [1.29, 1.82) is 0 Å². The first kappa shape index (κ1) is 14.3. The zero-order chi connectivity index (χ0) is 14.8. The smallest absolute Gasteiger partial charge is 0.349 e. The first-order valence-corrected chi connectivity index (χ1v) is 6.39. The molecule has 0 bridgehead atoms. The summed E-state index contributed by atoms with van der Waals surface area (Å²) in [6, 6.07) is 8.53. The Morgan fingerprint density at radius 1 is 1.35 bits per heavy atom. The summed E-state index contributed by atoms with van der Waals surface area (Å²) in [6.45, 7) is 3.52. The van der Waals surface area contributed by atoms with Crippen molar-refractivity contribution in [1.82, 2.24) is 5.32 Å². The molecule has 2 aromatic rings. The molecule has 0 saturated heterocycles. The second-order valence-electron chi connectivity index (χ2n) is 5.30. The summed E-state index contributed by atoms with van der Waals surface area (Å²) >= 11 is 0. The molecule has 0 spiro atoms. The van der Waals surface area contributed by atoms with Crippen molar-refractivity contribution in [2.45, 2.75) is 25.8 Å². The van der Waals surface area contributed by atoms with Crippen LogP contribution in [0.5, 0.6) is 0 Å². The molecule has 5 nitrogen and oxygen atoms in total. The zero-order valence-corrected chi connectivity index (χ0v) is 11.5. The number of carbonyl (C=O) groups excluding carboxylic acids is 1. The van der Waals surface area contributed by atoms with Gasteiger partial charge in [0, 0.05) is 17.5 Å². The first-order valence-electron chi connectivity index (χ1n) is 6.39. The highest BCUT2D eigenvalue weighted by molar-refractivity contribution is 5.96. The molecule has 1 aromatic heterocycles. The van der Waals surface area contributed by atoms with Crippen molar-refractivity contribution in [3.63, 3.8) is 0 Å². The Kier molecular flexibility index (Phi) is 3.90. The topological polar surface area (TPSA) is 79.5 Å². The number of aliphatic hydroxyl groups is 1. The molecule has 0 aliphatic carbocycles. The molecule has 1 heterocycles. The van der Waals surface area contributed by atoms with Gasteiger partial charge in [-0.2, -0.15) is 0 Å². The van der Waals surface area contributed by atoms with Crippen LogP contribution in [-0.2, 0) is 0 Å². The molecule has 20 heavy (non-hydrogen) atoms. The third-order valence-corrected chi connectivity index (χ3v) is 3.07. The van der Waals surface area contributed by atoms with Crippen LogP contribution in [0.1, 0.15) is 30.6 Å². The van der Waals surface area contributed by atoms with Crippen LogP contribution in [-0.4, -0.2) is 23.2 Å². The zero-order valence-electron chi connectivity index (χ0n) is 11.5. The molecule has 0 aliphatic heterocycles. The summed E-state index contributed by atoms with van der Waals surface area (Å²) in [5.74, 6) is -0.497. The van der Waals surface area contributed by atoms with E-state index in [1.54, 1.807) is 38.1 Å². The van der Waals surface area contributed by atoms with Crippen molar-refractivity contribution in [2.24, 2.45) is 0 Å². The maximum Gasteiger partial charge on any atom is 0.349 e. The maximum atomic E-state index is 12.1. The lowest BCUT2D eigenvalue weighted by Crippen LogP contribution is -2.45. The van der Waals surface area contributed by atoms with Gasteiger partial charge in [0.25, 0.3) is 5.91 Å². The Labute approximate surface area is 116 Å². The van der Waals surface area contributed by atoms with E-state index in [1.807, 2.05) is 0 Å². The van der Waals surface area contributed by atoms with Gasteiger partial charge in [-0.15, -0.1) is 0 Å². The summed E-state index contributed by atoms with van der Waals surface area (Å²) in [4.78, 5) is 24.0. The molecule has 106 valence electrons. The quantitative estimate of drug-likeness (QED) is 0.832. The van der Waals surface area contributed by atoms with Gasteiger partial charge < -0.3 is 14.8 Å². The average molecular weight is 275 g/mol. The number of carbonyl (C=O) groups is 1. The Morgan fingerprint density at radius 2 is 2.05 bits per heavy atom. The van der Waals surface area contributed by atoms with E-state index in [-0.39, 0.29) is 12.2 Å². The van der Waals surface area contributed by atoms with Gasteiger partial charge in [0.1, 0.15) is 11.1 Å². The SMILES string of the molecule is CC(C)(CCO)NC(=O)c1cc2ccccc2oc1=O. The third-order valence-electron chi connectivity index (χ3n) is 3.07. The molecule has 5 heteroatoms. The van der Waals surface area contributed by atoms with E-state index in [4.69, 9.17) is 9.52 Å². The van der Waals surface area contributed by atoms with Crippen molar-refractivity contribution in [2.75, 3.05) is 6.61 Å². The van der Waals surface area contributed by atoms with Gasteiger partial charge in [-0.25, -0.2) is 4.79 Å². The Balaban J connectivity index is 2.35. The highest BCUT2D eigenvalue weighted by Gasteiger charge is 2.22.